The van der Waals surface area contributed by atoms with Crippen molar-refractivity contribution in [3.63, 3.8) is 0 Å². The lowest BCUT2D eigenvalue weighted by Crippen LogP contribution is -2.46. The Morgan fingerprint density at radius 3 is 2.68 bits per heavy atom. The van der Waals surface area contributed by atoms with E-state index >= 15 is 0 Å². The zero-order valence-electron chi connectivity index (χ0n) is 13.2. The van der Waals surface area contributed by atoms with Crippen molar-refractivity contribution in [2.24, 2.45) is 22.7 Å². The third kappa shape index (κ3) is 1.64. The maximum atomic E-state index is 10.7. The van der Waals surface area contributed by atoms with Gasteiger partial charge in [0.1, 0.15) is 5.76 Å². The van der Waals surface area contributed by atoms with Crippen LogP contribution < -0.4 is 0 Å². The first-order chi connectivity index (χ1) is 10.4. The Labute approximate surface area is 131 Å². The zero-order valence-corrected chi connectivity index (χ0v) is 13.2. The fraction of sp³-hybridized carbons (Fsp3) is 0.579. The number of aliphatic hydroxyl groups is 3. The van der Waals surface area contributed by atoms with Crippen molar-refractivity contribution in [2.45, 2.75) is 45.3 Å². The molecular formula is C19H24O3. The number of rotatable bonds is 0. The highest BCUT2D eigenvalue weighted by Gasteiger charge is 2.55. The topological polar surface area (TPSA) is 60.7 Å². The predicted molar refractivity (Wildman–Crippen MR) is 85.1 cm³/mol. The summed E-state index contributed by atoms with van der Waals surface area (Å²) in [6, 6.07) is 0. The molecular weight excluding hydrogens is 276 g/mol. The second-order valence-electron chi connectivity index (χ2n) is 7.83. The molecule has 0 aliphatic heterocycles. The van der Waals surface area contributed by atoms with E-state index in [2.05, 4.69) is 26.0 Å². The van der Waals surface area contributed by atoms with Gasteiger partial charge in [-0.05, 0) is 36.8 Å². The number of fused-ring (bicyclic) bond motifs is 5. The minimum absolute atomic E-state index is 0.108. The lowest BCUT2D eigenvalue weighted by molar-refractivity contribution is 0.0239. The summed E-state index contributed by atoms with van der Waals surface area (Å²) in [5, 5.41) is 30.9. The molecule has 2 unspecified atom stereocenters. The van der Waals surface area contributed by atoms with Crippen LogP contribution in [0.5, 0.6) is 0 Å². The monoisotopic (exact) mass is 300 g/mol. The molecule has 0 saturated heterocycles. The van der Waals surface area contributed by atoms with Crippen molar-refractivity contribution in [1.29, 1.82) is 0 Å². The van der Waals surface area contributed by atoms with Crippen molar-refractivity contribution in [2.75, 3.05) is 0 Å². The first-order valence-electron chi connectivity index (χ1n) is 8.24. The van der Waals surface area contributed by atoms with Crippen LogP contribution in [-0.2, 0) is 0 Å². The van der Waals surface area contributed by atoms with Gasteiger partial charge in [-0.3, -0.25) is 0 Å². The molecule has 4 aliphatic carbocycles. The Morgan fingerprint density at radius 1 is 1.14 bits per heavy atom. The molecule has 22 heavy (non-hydrogen) atoms. The van der Waals surface area contributed by atoms with Gasteiger partial charge in [0.15, 0.2) is 0 Å². The van der Waals surface area contributed by atoms with Gasteiger partial charge in [-0.15, -0.1) is 0 Å². The van der Waals surface area contributed by atoms with E-state index in [1.54, 1.807) is 0 Å². The second-order valence-corrected chi connectivity index (χ2v) is 7.83. The number of hydrogen-bond acceptors (Lipinski definition) is 3. The molecule has 0 radical (unpaired) electrons. The molecule has 4 rings (SSSR count). The largest absolute Gasteiger partial charge is 0.508 e. The van der Waals surface area contributed by atoms with Crippen LogP contribution in [0.25, 0.3) is 0 Å². The van der Waals surface area contributed by atoms with E-state index in [1.165, 1.54) is 0 Å². The van der Waals surface area contributed by atoms with E-state index in [-0.39, 0.29) is 22.7 Å². The minimum Gasteiger partial charge on any atom is -0.508 e. The van der Waals surface area contributed by atoms with Gasteiger partial charge >= 0.3 is 0 Å². The summed E-state index contributed by atoms with van der Waals surface area (Å²) in [6.45, 7) is 4.34. The number of allylic oxidation sites excluding steroid dienone is 4. The van der Waals surface area contributed by atoms with E-state index in [9.17, 15) is 15.3 Å². The summed E-state index contributed by atoms with van der Waals surface area (Å²) < 4.78 is 0. The Kier molecular flexibility index (Phi) is 2.83. The summed E-state index contributed by atoms with van der Waals surface area (Å²) in [5.41, 5.74) is 1.89. The van der Waals surface area contributed by atoms with Crippen LogP contribution in [0, 0.1) is 22.7 Å². The normalized spacial score (nSPS) is 49.5. The van der Waals surface area contributed by atoms with E-state index in [1.807, 2.05) is 18.2 Å². The van der Waals surface area contributed by atoms with E-state index in [0.717, 1.165) is 24.0 Å². The lowest BCUT2D eigenvalue weighted by atomic mass is 9.52. The first kappa shape index (κ1) is 14.3. The van der Waals surface area contributed by atoms with Gasteiger partial charge in [-0.2, -0.15) is 0 Å². The van der Waals surface area contributed by atoms with Crippen molar-refractivity contribution < 1.29 is 15.3 Å². The Morgan fingerprint density at radius 2 is 1.91 bits per heavy atom. The fourth-order valence-electron chi connectivity index (χ4n) is 5.12. The van der Waals surface area contributed by atoms with Crippen LogP contribution in [0.15, 0.2) is 47.3 Å². The quantitative estimate of drug-likeness (QED) is 0.603. The van der Waals surface area contributed by atoms with Crippen LogP contribution in [0.3, 0.4) is 0 Å². The van der Waals surface area contributed by atoms with Crippen molar-refractivity contribution in [1.82, 2.24) is 0 Å². The van der Waals surface area contributed by atoms with Gasteiger partial charge in [0.25, 0.3) is 0 Å². The predicted octanol–water partition coefficient (Wildman–Crippen LogP) is 3.03. The molecule has 6 atom stereocenters. The maximum absolute atomic E-state index is 10.7. The van der Waals surface area contributed by atoms with Gasteiger partial charge < -0.3 is 15.3 Å². The van der Waals surface area contributed by atoms with Crippen molar-refractivity contribution in [3.05, 3.63) is 47.3 Å². The molecule has 3 nitrogen and oxygen atoms in total. The molecule has 0 heterocycles. The minimum atomic E-state index is -0.448. The number of aliphatic hydroxyl groups excluding tert-OH is 3. The standard InChI is InChI=1S/C19H24O3/c1-18-7-5-12(20)9-11(18)10-15(21)17-13-3-4-16(22)19(13,2)8-6-14(17)18/h3-5,7,10,12-14,16,20-22H,6,8-9H2,1-2H3/t12?,13-,14+,16?,18-,19-/m0/s1. The van der Waals surface area contributed by atoms with Crippen molar-refractivity contribution in [3.8, 4) is 0 Å². The summed E-state index contributed by atoms with van der Waals surface area (Å²) >= 11 is 0. The Bertz CT molecular complexity index is 641. The fourth-order valence-corrected chi connectivity index (χ4v) is 5.12. The van der Waals surface area contributed by atoms with Crippen LogP contribution in [0.2, 0.25) is 0 Å². The van der Waals surface area contributed by atoms with E-state index < -0.39 is 12.2 Å². The van der Waals surface area contributed by atoms with E-state index in [4.69, 9.17) is 0 Å². The average Bonchev–Trinajstić information content (AvgIpc) is 2.77. The smallest absolute Gasteiger partial charge is 0.115 e. The molecule has 0 aromatic heterocycles. The highest BCUT2D eigenvalue weighted by atomic mass is 16.3. The second kappa shape index (κ2) is 4.36. The third-order valence-electron chi connectivity index (χ3n) is 6.67. The van der Waals surface area contributed by atoms with Gasteiger partial charge in [0.2, 0.25) is 0 Å². The van der Waals surface area contributed by atoms with Gasteiger partial charge in [0, 0.05) is 16.7 Å². The van der Waals surface area contributed by atoms with Gasteiger partial charge in [-0.1, -0.05) is 43.7 Å². The third-order valence-corrected chi connectivity index (χ3v) is 6.67. The molecule has 0 aromatic carbocycles. The highest BCUT2D eigenvalue weighted by Crippen LogP contribution is 2.61. The molecule has 1 fully saturated rings. The van der Waals surface area contributed by atoms with E-state index in [0.29, 0.717) is 12.2 Å². The Balaban J connectivity index is 1.85. The molecule has 3 heteroatoms. The summed E-state index contributed by atoms with van der Waals surface area (Å²) in [5.74, 6) is 0.718. The first-order valence-corrected chi connectivity index (χ1v) is 8.24. The van der Waals surface area contributed by atoms with Crippen LogP contribution in [0.1, 0.15) is 33.1 Å². The maximum Gasteiger partial charge on any atom is 0.115 e. The molecule has 118 valence electrons. The van der Waals surface area contributed by atoms with Gasteiger partial charge in [0.05, 0.1) is 12.2 Å². The average molecular weight is 300 g/mol. The van der Waals surface area contributed by atoms with Gasteiger partial charge in [-0.25, -0.2) is 0 Å². The molecule has 0 amide bonds. The Hall–Kier alpha value is -1.32. The molecule has 0 aromatic rings. The van der Waals surface area contributed by atoms with Crippen LogP contribution >= 0.6 is 0 Å². The van der Waals surface area contributed by atoms with Crippen LogP contribution in [0.4, 0.5) is 0 Å². The summed E-state index contributed by atoms with van der Waals surface area (Å²) in [4.78, 5) is 0. The summed E-state index contributed by atoms with van der Waals surface area (Å²) in [6.07, 6.45) is 11.5. The number of hydrogen-bond donors (Lipinski definition) is 3. The molecule has 3 N–H and O–H groups in total. The molecule has 1 saturated carbocycles. The molecule has 4 aliphatic rings. The highest BCUT2D eigenvalue weighted by molar-refractivity contribution is 5.47. The van der Waals surface area contributed by atoms with Crippen molar-refractivity contribution >= 4 is 0 Å². The molecule has 0 bridgehead atoms. The lowest BCUT2D eigenvalue weighted by Gasteiger charge is -2.52. The summed E-state index contributed by atoms with van der Waals surface area (Å²) in [7, 11) is 0. The van der Waals surface area contributed by atoms with Crippen LogP contribution in [-0.4, -0.2) is 27.5 Å². The SMILES string of the molecule is C[C@]12C=CC(O)CC1=CC(O)=C1[C@H]2CC[C@]2(C)C(O)C=C[C@@H]12. The zero-order chi connectivity index (χ0) is 15.7. The molecule has 0 spiro atoms.